The molecule has 0 bridgehead atoms. The molecule has 4 aliphatic carbocycles. The van der Waals surface area contributed by atoms with Crippen LogP contribution < -0.4 is 0 Å². The molecule has 0 saturated heterocycles. The summed E-state index contributed by atoms with van der Waals surface area (Å²) in [6, 6.07) is 0. The zero-order chi connectivity index (χ0) is 17.1. The second-order valence-corrected chi connectivity index (χ2v) is 10.2. The molecule has 0 heterocycles. The fraction of sp³-hybridized carbons (Fsp3) is 0.955. The Morgan fingerprint density at radius 2 is 1.62 bits per heavy atom. The summed E-state index contributed by atoms with van der Waals surface area (Å²) in [5.41, 5.74) is 1.13. The van der Waals surface area contributed by atoms with Crippen LogP contribution in [-0.4, -0.2) is 12.1 Å². The third kappa shape index (κ3) is 2.38. The van der Waals surface area contributed by atoms with E-state index >= 15 is 0 Å². The van der Waals surface area contributed by atoms with Gasteiger partial charge in [0.05, 0.1) is 0 Å². The summed E-state index contributed by atoms with van der Waals surface area (Å²) in [7, 11) is 0. The second-order valence-electron chi connectivity index (χ2n) is 10.2. The van der Waals surface area contributed by atoms with Crippen molar-refractivity contribution < 1.29 is 9.53 Å². The number of fused-ring (bicyclic) bond motifs is 5. The normalized spacial score (nSPS) is 53.7. The molecule has 4 fully saturated rings. The highest BCUT2D eigenvalue weighted by molar-refractivity contribution is 5.66. The van der Waals surface area contributed by atoms with E-state index in [4.69, 9.17) is 4.74 Å². The molecule has 0 amide bonds. The van der Waals surface area contributed by atoms with Crippen LogP contribution in [0.5, 0.6) is 0 Å². The van der Waals surface area contributed by atoms with Gasteiger partial charge < -0.3 is 4.74 Å². The summed E-state index contributed by atoms with van der Waals surface area (Å²) >= 11 is 0. The van der Waals surface area contributed by atoms with Crippen LogP contribution in [0.4, 0.5) is 0 Å². The van der Waals surface area contributed by atoms with E-state index < -0.39 is 0 Å². The number of ether oxygens (including phenoxy) is 1. The van der Waals surface area contributed by atoms with Crippen LogP contribution in [0.15, 0.2) is 0 Å². The SMILES string of the molecule is CC(=O)OC1CCC2(C)C(CCC3C4CCC(C)C4(C)CCC32)C1. The molecule has 136 valence electrons. The fourth-order valence-corrected chi connectivity index (χ4v) is 7.82. The minimum atomic E-state index is -0.0920. The van der Waals surface area contributed by atoms with E-state index in [1.165, 1.54) is 44.9 Å². The van der Waals surface area contributed by atoms with Gasteiger partial charge in [-0.1, -0.05) is 20.8 Å². The van der Waals surface area contributed by atoms with Crippen LogP contribution in [0.25, 0.3) is 0 Å². The van der Waals surface area contributed by atoms with Crippen molar-refractivity contribution in [2.45, 2.75) is 91.6 Å². The lowest BCUT2D eigenvalue weighted by molar-refractivity contribution is -0.159. The Balaban J connectivity index is 1.53. The largest absolute Gasteiger partial charge is 0.463 e. The maximum atomic E-state index is 11.3. The molecule has 4 aliphatic rings. The van der Waals surface area contributed by atoms with Crippen molar-refractivity contribution in [1.82, 2.24) is 0 Å². The van der Waals surface area contributed by atoms with E-state index in [1.807, 2.05) is 0 Å². The highest BCUT2D eigenvalue weighted by atomic mass is 16.5. The standard InChI is InChI=1S/C22H36O2/c1-14-5-8-19-18-7-6-16-13-17(24-15(2)23)9-11-22(16,4)20(18)10-12-21(14,19)3/h14,16-20H,5-13H2,1-4H3. The zero-order valence-corrected chi connectivity index (χ0v) is 16.1. The molecule has 4 saturated carbocycles. The van der Waals surface area contributed by atoms with Gasteiger partial charge in [-0.05, 0) is 98.2 Å². The lowest BCUT2D eigenvalue weighted by Crippen LogP contribution is -2.54. The van der Waals surface area contributed by atoms with Crippen molar-refractivity contribution in [3.05, 3.63) is 0 Å². The summed E-state index contributed by atoms with van der Waals surface area (Å²) in [6.45, 7) is 9.28. The Labute approximate surface area is 148 Å². The van der Waals surface area contributed by atoms with Gasteiger partial charge in [0.2, 0.25) is 0 Å². The van der Waals surface area contributed by atoms with Crippen molar-refractivity contribution in [2.24, 2.45) is 40.4 Å². The Bertz CT molecular complexity index is 514. The summed E-state index contributed by atoms with van der Waals surface area (Å²) < 4.78 is 5.58. The summed E-state index contributed by atoms with van der Waals surface area (Å²) in [6.07, 6.45) is 12.3. The Kier molecular flexibility index (Phi) is 4.05. The monoisotopic (exact) mass is 332 g/mol. The van der Waals surface area contributed by atoms with Gasteiger partial charge in [-0.15, -0.1) is 0 Å². The van der Waals surface area contributed by atoms with Gasteiger partial charge in [-0.25, -0.2) is 0 Å². The maximum Gasteiger partial charge on any atom is 0.302 e. The molecule has 4 rings (SSSR count). The molecular formula is C22H36O2. The highest BCUT2D eigenvalue weighted by Crippen LogP contribution is 2.67. The molecule has 2 heteroatoms. The summed E-state index contributed by atoms with van der Waals surface area (Å²) in [5, 5.41) is 0. The quantitative estimate of drug-likeness (QED) is 0.584. The van der Waals surface area contributed by atoms with Crippen molar-refractivity contribution in [3.63, 3.8) is 0 Å². The van der Waals surface area contributed by atoms with Crippen LogP contribution >= 0.6 is 0 Å². The van der Waals surface area contributed by atoms with Crippen LogP contribution in [0.3, 0.4) is 0 Å². The molecule has 0 spiro atoms. The van der Waals surface area contributed by atoms with Crippen molar-refractivity contribution in [2.75, 3.05) is 0 Å². The number of hydrogen-bond acceptors (Lipinski definition) is 2. The van der Waals surface area contributed by atoms with Crippen molar-refractivity contribution >= 4 is 5.97 Å². The van der Waals surface area contributed by atoms with Gasteiger partial charge in [0, 0.05) is 6.92 Å². The van der Waals surface area contributed by atoms with Crippen LogP contribution in [-0.2, 0) is 9.53 Å². The van der Waals surface area contributed by atoms with Crippen LogP contribution in [0.2, 0.25) is 0 Å². The molecule has 0 N–H and O–H groups in total. The minimum absolute atomic E-state index is 0.0920. The topological polar surface area (TPSA) is 26.3 Å². The Hall–Kier alpha value is -0.530. The number of carbonyl (C=O) groups excluding carboxylic acids is 1. The lowest BCUT2D eigenvalue weighted by Gasteiger charge is -2.61. The fourth-order valence-electron chi connectivity index (χ4n) is 7.82. The second kappa shape index (κ2) is 5.74. The molecule has 8 unspecified atom stereocenters. The van der Waals surface area contributed by atoms with E-state index in [0.717, 1.165) is 42.4 Å². The first-order valence-electron chi connectivity index (χ1n) is 10.5. The summed E-state index contributed by atoms with van der Waals surface area (Å²) in [5.74, 6) is 4.49. The third-order valence-electron chi connectivity index (χ3n) is 9.42. The molecule has 2 nitrogen and oxygen atoms in total. The number of esters is 1. The van der Waals surface area contributed by atoms with Crippen LogP contribution in [0, 0.1) is 40.4 Å². The van der Waals surface area contributed by atoms with Gasteiger partial charge >= 0.3 is 5.97 Å². The highest BCUT2D eigenvalue weighted by Gasteiger charge is 2.59. The predicted molar refractivity (Wildman–Crippen MR) is 96.4 cm³/mol. The average Bonchev–Trinajstić information content (AvgIpc) is 2.83. The van der Waals surface area contributed by atoms with Gasteiger partial charge in [0.15, 0.2) is 0 Å². The van der Waals surface area contributed by atoms with Gasteiger partial charge in [-0.2, -0.15) is 0 Å². The molecule has 0 radical (unpaired) electrons. The van der Waals surface area contributed by atoms with Crippen LogP contribution in [0.1, 0.15) is 85.5 Å². The maximum absolute atomic E-state index is 11.3. The zero-order valence-electron chi connectivity index (χ0n) is 16.1. The molecule has 0 aromatic rings. The van der Waals surface area contributed by atoms with Gasteiger partial charge in [-0.3, -0.25) is 4.79 Å². The van der Waals surface area contributed by atoms with Gasteiger partial charge in [0.1, 0.15) is 6.10 Å². The molecule has 0 aliphatic heterocycles. The molecule has 0 aromatic carbocycles. The lowest BCUT2D eigenvalue weighted by atomic mass is 9.45. The van der Waals surface area contributed by atoms with E-state index in [-0.39, 0.29) is 12.1 Å². The number of rotatable bonds is 1. The molecule has 8 atom stereocenters. The Morgan fingerprint density at radius 3 is 2.38 bits per heavy atom. The predicted octanol–water partition coefficient (Wildman–Crippen LogP) is 5.60. The van der Waals surface area contributed by atoms with E-state index in [2.05, 4.69) is 20.8 Å². The molecule has 24 heavy (non-hydrogen) atoms. The Morgan fingerprint density at radius 1 is 0.917 bits per heavy atom. The van der Waals surface area contributed by atoms with Crippen molar-refractivity contribution in [1.29, 1.82) is 0 Å². The third-order valence-corrected chi connectivity index (χ3v) is 9.42. The minimum Gasteiger partial charge on any atom is -0.463 e. The first-order valence-corrected chi connectivity index (χ1v) is 10.5. The number of hydrogen-bond donors (Lipinski definition) is 0. The molecule has 0 aromatic heterocycles. The van der Waals surface area contributed by atoms with Crippen molar-refractivity contribution in [3.8, 4) is 0 Å². The smallest absolute Gasteiger partial charge is 0.302 e. The van der Waals surface area contributed by atoms with Gasteiger partial charge in [0.25, 0.3) is 0 Å². The van der Waals surface area contributed by atoms with E-state index in [9.17, 15) is 4.79 Å². The first kappa shape index (κ1) is 16.9. The number of carbonyl (C=O) groups is 1. The average molecular weight is 333 g/mol. The van der Waals surface area contributed by atoms with E-state index in [0.29, 0.717) is 10.8 Å². The first-order chi connectivity index (χ1) is 11.3. The summed E-state index contributed by atoms with van der Waals surface area (Å²) in [4.78, 5) is 11.3. The van der Waals surface area contributed by atoms with E-state index in [1.54, 1.807) is 6.92 Å². The molecular weight excluding hydrogens is 296 g/mol.